The van der Waals surface area contributed by atoms with Crippen molar-refractivity contribution in [1.82, 2.24) is 0 Å². The highest BCUT2D eigenvalue weighted by Gasteiger charge is 2.13. The Labute approximate surface area is 366 Å². The Morgan fingerprint density at radius 3 is 1.39 bits per heavy atom. The number of benzene rings is 3. The maximum Gasteiger partial charge on any atom is 0.294 e. The van der Waals surface area contributed by atoms with Crippen LogP contribution in [0.15, 0.2) is 77.7 Å². The van der Waals surface area contributed by atoms with Crippen molar-refractivity contribution in [2.75, 3.05) is 93.0 Å². The van der Waals surface area contributed by atoms with E-state index in [0.29, 0.717) is 97.7 Å². The van der Waals surface area contributed by atoms with Gasteiger partial charge in [0.15, 0.2) is 6.29 Å². The molecule has 61 heavy (non-hydrogen) atoms. The molecular formula is C47H76O13S. The molecule has 0 bridgehead atoms. The molecule has 3 N–H and O–H groups in total. The van der Waals surface area contributed by atoms with Crippen molar-refractivity contribution in [1.29, 1.82) is 0 Å². The molecule has 1 heterocycles. The third-order valence-corrected chi connectivity index (χ3v) is 10.4. The molecule has 3 unspecified atom stereocenters. The minimum absolute atomic E-state index is 0.0398. The predicted octanol–water partition coefficient (Wildman–Crippen LogP) is 7.89. The summed E-state index contributed by atoms with van der Waals surface area (Å²) in [5, 5.41) is 15.5. The number of aryl methyl sites for hydroxylation is 1. The lowest BCUT2D eigenvalue weighted by Gasteiger charge is -2.22. The largest absolute Gasteiger partial charge is 0.400 e. The summed E-state index contributed by atoms with van der Waals surface area (Å²) in [6.07, 6.45) is 5.60. The lowest BCUT2D eigenvalue weighted by atomic mass is 9.98. The minimum atomic E-state index is -4.02. The van der Waals surface area contributed by atoms with Crippen LogP contribution >= 0.6 is 0 Å². The maximum absolute atomic E-state index is 10.5. The molecule has 348 valence electrons. The van der Waals surface area contributed by atoms with Gasteiger partial charge in [0.05, 0.1) is 97.4 Å². The molecule has 0 radical (unpaired) electrons. The van der Waals surface area contributed by atoms with Crippen LogP contribution in [0.2, 0.25) is 0 Å². The first-order chi connectivity index (χ1) is 29.6. The van der Waals surface area contributed by atoms with Crippen LogP contribution in [0.25, 0.3) is 0 Å². The van der Waals surface area contributed by atoms with Gasteiger partial charge in [-0.15, -0.1) is 0 Å². The predicted molar refractivity (Wildman–Crippen MR) is 239 cm³/mol. The fourth-order valence-corrected chi connectivity index (χ4v) is 5.95. The lowest BCUT2D eigenvalue weighted by molar-refractivity contribution is -0.169. The van der Waals surface area contributed by atoms with Crippen LogP contribution in [0, 0.1) is 6.92 Å². The van der Waals surface area contributed by atoms with Gasteiger partial charge in [-0.2, -0.15) is 8.42 Å². The normalized spacial score (nSPS) is 14.7. The first-order valence-corrected chi connectivity index (χ1v) is 23.0. The van der Waals surface area contributed by atoms with Crippen LogP contribution in [-0.2, 0) is 61.2 Å². The number of aliphatic hydroxyl groups is 2. The number of ether oxygens (including phenoxy) is 8. The topological polar surface area (TPSA) is 169 Å². The molecule has 1 aliphatic heterocycles. The van der Waals surface area contributed by atoms with Gasteiger partial charge in [-0.25, -0.2) is 0 Å². The summed E-state index contributed by atoms with van der Waals surface area (Å²) >= 11 is 0. The van der Waals surface area contributed by atoms with Crippen LogP contribution in [0.5, 0.6) is 0 Å². The zero-order valence-corrected chi connectivity index (χ0v) is 38.5. The summed E-state index contributed by atoms with van der Waals surface area (Å²) in [5.41, 5.74) is 6.12. The summed E-state index contributed by atoms with van der Waals surface area (Å²) < 4.78 is 73.3. The van der Waals surface area contributed by atoms with E-state index in [1.54, 1.807) is 12.1 Å². The fraction of sp³-hybridized carbons (Fsp3) is 0.617. The van der Waals surface area contributed by atoms with Crippen molar-refractivity contribution in [2.24, 2.45) is 0 Å². The highest BCUT2D eigenvalue weighted by atomic mass is 32.2. The van der Waals surface area contributed by atoms with Gasteiger partial charge in [-0.1, -0.05) is 93.9 Å². The third kappa shape index (κ3) is 28.5. The molecule has 13 nitrogen and oxygen atoms in total. The minimum Gasteiger partial charge on any atom is -0.400 e. The summed E-state index contributed by atoms with van der Waals surface area (Å²) in [5.74, 6) is 1.23. The Morgan fingerprint density at radius 1 is 0.607 bits per heavy atom. The van der Waals surface area contributed by atoms with Crippen LogP contribution < -0.4 is 0 Å². The van der Waals surface area contributed by atoms with Gasteiger partial charge in [-0.3, -0.25) is 4.55 Å². The SMILES string of the molecule is CCC(C)c1ccc(COCCOCCOCCO)cc1.CCC(C)c1ccc(COCCOCCOCCOC2CCCCO2)cc1.CO.Cc1ccc(S(=O)(=O)O)cc1. The van der Waals surface area contributed by atoms with Gasteiger partial charge in [0.1, 0.15) is 0 Å². The second-order valence-electron chi connectivity index (χ2n) is 14.3. The van der Waals surface area contributed by atoms with Crippen molar-refractivity contribution in [3.05, 3.63) is 101 Å². The monoisotopic (exact) mass is 881 g/mol. The van der Waals surface area contributed by atoms with Gasteiger partial charge in [-0.05, 0) is 85.3 Å². The van der Waals surface area contributed by atoms with Gasteiger partial charge in [0.2, 0.25) is 0 Å². The second kappa shape index (κ2) is 36.6. The molecule has 0 aromatic heterocycles. The van der Waals surface area contributed by atoms with Gasteiger partial charge in [0, 0.05) is 13.7 Å². The van der Waals surface area contributed by atoms with Crippen LogP contribution in [0.3, 0.4) is 0 Å². The summed E-state index contributed by atoms with van der Waals surface area (Å²) in [6, 6.07) is 23.3. The van der Waals surface area contributed by atoms with Gasteiger partial charge in [0.25, 0.3) is 10.1 Å². The fourth-order valence-electron chi connectivity index (χ4n) is 5.47. The zero-order valence-electron chi connectivity index (χ0n) is 37.6. The summed E-state index contributed by atoms with van der Waals surface area (Å²) in [4.78, 5) is -0.0666. The van der Waals surface area contributed by atoms with Crippen LogP contribution in [0.1, 0.15) is 99.5 Å². The van der Waals surface area contributed by atoms with E-state index in [1.807, 2.05) is 6.92 Å². The lowest BCUT2D eigenvalue weighted by Crippen LogP contribution is -2.24. The number of hydrogen-bond donors (Lipinski definition) is 3. The smallest absolute Gasteiger partial charge is 0.294 e. The Bertz CT molecular complexity index is 1530. The molecule has 0 amide bonds. The average Bonchev–Trinajstić information content (AvgIpc) is 3.29. The van der Waals surface area contributed by atoms with E-state index in [0.717, 1.165) is 38.5 Å². The van der Waals surface area contributed by atoms with E-state index in [2.05, 4.69) is 76.2 Å². The summed E-state index contributed by atoms with van der Waals surface area (Å²) in [6.45, 7) is 18.9. The molecule has 3 aromatic rings. The number of aliphatic hydroxyl groups excluding tert-OH is 2. The van der Waals surface area contributed by atoms with Crippen molar-refractivity contribution in [3.8, 4) is 0 Å². The molecular weight excluding hydrogens is 805 g/mol. The van der Waals surface area contributed by atoms with Gasteiger partial charge < -0.3 is 48.1 Å². The molecule has 0 spiro atoms. The molecule has 1 aliphatic rings. The molecule has 3 aromatic carbocycles. The number of rotatable bonds is 27. The Balaban J connectivity index is 0.000000484. The van der Waals surface area contributed by atoms with Crippen molar-refractivity contribution in [2.45, 2.75) is 103 Å². The van der Waals surface area contributed by atoms with E-state index in [1.165, 1.54) is 47.2 Å². The molecule has 1 fully saturated rings. The molecule has 1 saturated heterocycles. The van der Waals surface area contributed by atoms with Crippen molar-refractivity contribution >= 4 is 10.1 Å². The highest BCUT2D eigenvalue weighted by Crippen LogP contribution is 2.20. The Hall–Kier alpha value is -2.83. The standard InChI is InChI=1S/C22H36O5.C17H28O4.C7H8O3S.CH4O/c1-3-19(2)21-9-7-20(8-10-21)18-25-15-14-23-12-13-24-16-17-27-22-6-4-5-11-26-22;1-3-15(2)17-6-4-16(5-7-17)14-21-13-12-20-11-10-19-9-8-18;1-6-2-4-7(5-3-6)11(8,9)10;1-2/h7-10,19,22H,3-6,11-18H2,1-2H3;4-7,15,18H,3,8-14H2,1-2H3;2-5H,1H3,(H,8,9,10);2H,1H3. The van der Waals surface area contributed by atoms with E-state index in [-0.39, 0.29) is 17.8 Å². The maximum atomic E-state index is 10.5. The van der Waals surface area contributed by atoms with E-state index in [9.17, 15) is 8.42 Å². The first-order valence-electron chi connectivity index (χ1n) is 21.5. The first kappa shape index (κ1) is 56.2. The van der Waals surface area contributed by atoms with Crippen LogP contribution in [0.4, 0.5) is 0 Å². The molecule has 4 rings (SSSR count). The molecule has 3 atom stereocenters. The summed E-state index contributed by atoms with van der Waals surface area (Å²) in [7, 11) is -3.02. The highest BCUT2D eigenvalue weighted by molar-refractivity contribution is 7.85. The second-order valence-corrected chi connectivity index (χ2v) is 15.8. The molecule has 0 aliphatic carbocycles. The molecule has 14 heteroatoms. The van der Waals surface area contributed by atoms with Crippen molar-refractivity contribution < 1.29 is 61.1 Å². The van der Waals surface area contributed by atoms with Crippen LogP contribution in [-0.4, -0.2) is 122 Å². The van der Waals surface area contributed by atoms with E-state index < -0.39 is 10.1 Å². The van der Waals surface area contributed by atoms with E-state index >= 15 is 0 Å². The van der Waals surface area contributed by atoms with Gasteiger partial charge >= 0.3 is 0 Å². The molecule has 0 saturated carbocycles. The Morgan fingerprint density at radius 2 is 1.02 bits per heavy atom. The quantitative estimate of drug-likeness (QED) is 0.0500. The van der Waals surface area contributed by atoms with Crippen molar-refractivity contribution in [3.63, 3.8) is 0 Å². The van der Waals surface area contributed by atoms with E-state index in [4.69, 9.17) is 52.7 Å². The Kier molecular flexibility index (Phi) is 33.7. The number of hydrogen-bond acceptors (Lipinski definition) is 12. The average molecular weight is 881 g/mol. The zero-order chi connectivity index (χ0) is 45.0. The third-order valence-electron chi connectivity index (χ3n) is 9.57.